The molecule has 0 unspecified atom stereocenters. The second kappa shape index (κ2) is 6.45. The second-order valence-corrected chi connectivity index (χ2v) is 5.35. The second-order valence-electron chi connectivity index (χ2n) is 4.94. The van der Waals surface area contributed by atoms with Gasteiger partial charge in [0.15, 0.2) is 0 Å². The van der Waals surface area contributed by atoms with Gasteiger partial charge in [-0.2, -0.15) is 13.2 Å². The van der Waals surface area contributed by atoms with Crippen LogP contribution in [0.25, 0.3) is 0 Å². The number of nitrogens with zero attached hydrogens (tertiary/aromatic N) is 1. The summed E-state index contributed by atoms with van der Waals surface area (Å²) in [6.07, 6.45) is -4.75. The van der Waals surface area contributed by atoms with Crippen molar-refractivity contribution in [3.05, 3.63) is 68.2 Å². The Morgan fingerprint density at radius 1 is 1.22 bits per heavy atom. The van der Waals surface area contributed by atoms with Crippen LogP contribution in [-0.2, 0) is 12.7 Å². The minimum absolute atomic E-state index is 0.0615. The van der Waals surface area contributed by atoms with Crippen LogP contribution in [0.1, 0.15) is 16.7 Å². The number of benzene rings is 2. The summed E-state index contributed by atoms with van der Waals surface area (Å²) < 4.78 is 38.4. The van der Waals surface area contributed by atoms with E-state index in [1.807, 2.05) is 31.2 Å². The van der Waals surface area contributed by atoms with Crippen molar-refractivity contribution in [3.8, 4) is 0 Å². The molecule has 0 radical (unpaired) electrons. The minimum atomic E-state index is -4.75. The van der Waals surface area contributed by atoms with Gasteiger partial charge in [0.1, 0.15) is 5.69 Å². The summed E-state index contributed by atoms with van der Waals surface area (Å²) in [4.78, 5) is 10.2. The fourth-order valence-corrected chi connectivity index (χ4v) is 2.25. The Kier molecular flexibility index (Phi) is 4.79. The maximum absolute atomic E-state index is 12.8. The highest BCUT2D eigenvalue weighted by Gasteiger charge is 2.36. The van der Waals surface area contributed by atoms with Crippen LogP contribution in [0.5, 0.6) is 0 Å². The first-order chi connectivity index (χ1) is 10.7. The van der Waals surface area contributed by atoms with E-state index >= 15 is 0 Å². The number of alkyl halides is 3. The Morgan fingerprint density at radius 3 is 2.35 bits per heavy atom. The molecule has 0 atom stereocenters. The van der Waals surface area contributed by atoms with Crippen LogP contribution in [0.4, 0.5) is 24.5 Å². The number of nitrogens with one attached hydrogen (secondary N) is 1. The third kappa shape index (κ3) is 4.13. The van der Waals surface area contributed by atoms with Gasteiger partial charge < -0.3 is 5.32 Å². The lowest BCUT2D eigenvalue weighted by molar-refractivity contribution is -0.384. The molecule has 0 amide bonds. The molecule has 1 N–H and O–H groups in total. The largest absolute Gasteiger partial charge is 0.418 e. The summed E-state index contributed by atoms with van der Waals surface area (Å²) in [6.45, 7) is 2.14. The maximum Gasteiger partial charge on any atom is 0.418 e. The average molecular weight is 345 g/mol. The van der Waals surface area contributed by atoms with Crippen molar-refractivity contribution in [2.45, 2.75) is 19.6 Å². The van der Waals surface area contributed by atoms with E-state index < -0.39 is 27.4 Å². The number of nitro benzene ring substituents is 1. The normalized spacial score (nSPS) is 11.3. The number of rotatable bonds is 4. The molecule has 0 spiro atoms. The Hall–Kier alpha value is -2.28. The van der Waals surface area contributed by atoms with Gasteiger partial charge in [-0.05, 0) is 18.6 Å². The first-order valence-corrected chi connectivity index (χ1v) is 6.91. The van der Waals surface area contributed by atoms with E-state index in [9.17, 15) is 23.3 Å². The van der Waals surface area contributed by atoms with Gasteiger partial charge in [-0.15, -0.1) is 0 Å². The van der Waals surface area contributed by atoms with Gasteiger partial charge >= 0.3 is 6.18 Å². The molecule has 23 heavy (non-hydrogen) atoms. The number of hydrogen-bond acceptors (Lipinski definition) is 3. The van der Waals surface area contributed by atoms with Gasteiger partial charge in [0.2, 0.25) is 0 Å². The number of halogens is 4. The quantitative estimate of drug-likeness (QED) is 0.613. The molecule has 0 aliphatic carbocycles. The first kappa shape index (κ1) is 17.1. The van der Waals surface area contributed by atoms with Gasteiger partial charge in [-0.25, -0.2) is 0 Å². The predicted molar refractivity (Wildman–Crippen MR) is 81.6 cm³/mol. The molecule has 0 aromatic heterocycles. The van der Waals surface area contributed by atoms with Crippen LogP contribution in [-0.4, -0.2) is 4.92 Å². The summed E-state index contributed by atoms with van der Waals surface area (Å²) in [5, 5.41) is 13.2. The monoisotopic (exact) mass is 344 g/mol. The Bertz CT molecular complexity index is 731. The van der Waals surface area contributed by atoms with E-state index in [1.54, 1.807) is 0 Å². The van der Waals surface area contributed by atoms with E-state index in [0.717, 1.165) is 17.2 Å². The van der Waals surface area contributed by atoms with Crippen LogP contribution < -0.4 is 5.32 Å². The number of nitro groups is 1. The summed E-state index contributed by atoms with van der Waals surface area (Å²) >= 11 is 5.61. The molecule has 0 bridgehead atoms. The predicted octanol–water partition coefficient (Wildman–Crippen LogP) is 5.19. The summed E-state index contributed by atoms with van der Waals surface area (Å²) in [5.74, 6) is 0. The van der Waals surface area contributed by atoms with E-state index in [2.05, 4.69) is 5.32 Å². The fraction of sp³-hybridized carbons (Fsp3) is 0.200. The lowest BCUT2D eigenvalue weighted by Crippen LogP contribution is -2.09. The molecule has 122 valence electrons. The average Bonchev–Trinajstić information content (AvgIpc) is 2.45. The van der Waals surface area contributed by atoms with Crippen molar-refractivity contribution in [2.75, 3.05) is 5.32 Å². The van der Waals surface area contributed by atoms with E-state index in [1.165, 1.54) is 0 Å². The smallest absolute Gasteiger partial charge is 0.375 e. The molecule has 2 aromatic carbocycles. The third-order valence-corrected chi connectivity index (χ3v) is 3.50. The van der Waals surface area contributed by atoms with Crippen molar-refractivity contribution in [2.24, 2.45) is 0 Å². The topological polar surface area (TPSA) is 55.2 Å². The molecule has 0 saturated carbocycles. The van der Waals surface area contributed by atoms with Crippen molar-refractivity contribution < 1.29 is 18.1 Å². The Balaban J connectivity index is 2.32. The van der Waals surface area contributed by atoms with Crippen molar-refractivity contribution >= 4 is 23.0 Å². The van der Waals surface area contributed by atoms with Crippen molar-refractivity contribution in [3.63, 3.8) is 0 Å². The van der Waals surface area contributed by atoms with Gasteiger partial charge in [0.25, 0.3) is 5.69 Å². The summed E-state index contributed by atoms with van der Waals surface area (Å²) in [7, 11) is 0. The lowest BCUT2D eigenvalue weighted by atomic mass is 10.1. The van der Waals surface area contributed by atoms with Crippen molar-refractivity contribution in [1.82, 2.24) is 0 Å². The molecule has 0 fully saturated rings. The zero-order valence-electron chi connectivity index (χ0n) is 11.9. The highest BCUT2D eigenvalue weighted by atomic mass is 35.5. The van der Waals surface area contributed by atoms with E-state index in [0.29, 0.717) is 6.07 Å². The molecule has 0 aliphatic rings. The van der Waals surface area contributed by atoms with Crippen LogP contribution in [0.3, 0.4) is 0 Å². The third-order valence-electron chi connectivity index (χ3n) is 3.19. The molecule has 2 aromatic rings. The van der Waals surface area contributed by atoms with Crippen LogP contribution in [0.15, 0.2) is 36.4 Å². The number of aryl methyl sites for hydroxylation is 1. The molecule has 4 nitrogen and oxygen atoms in total. The zero-order valence-corrected chi connectivity index (χ0v) is 12.7. The Labute approximate surface area is 135 Å². The molecule has 2 rings (SSSR count). The molecule has 8 heteroatoms. The summed E-state index contributed by atoms with van der Waals surface area (Å²) in [6, 6.07) is 8.74. The van der Waals surface area contributed by atoms with Crippen LogP contribution in [0.2, 0.25) is 5.02 Å². The molecule has 0 aliphatic heterocycles. The molecule has 0 heterocycles. The maximum atomic E-state index is 12.8. The first-order valence-electron chi connectivity index (χ1n) is 6.53. The standard InChI is InChI=1S/C15H12ClF3N2O2/c1-9-2-4-10(5-3-9)8-20-13-7-12(16)11(15(17,18)19)6-14(13)21(22)23/h2-7,20H,8H2,1H3. The highest BCUT2D eigenvalue weighted by Crippen LogP contribution is 2.40. The van der Waals surface area contributed by atoms with Crippen molar-refractivity contribution in [1.29, 1.82) is 0 Å². The SMILES string of the molecule is Cc1ccc(CNc2cc(Cl)c(C(F)(F)F)cc2[N+](=O)[O-])cc1. The Morgan fingerprint density at radius 2 is 1.83 bits per heavy atom. The zero-order chi connectivity index (χ0) is 17.2. The van der Waals surface area contributed by atoms with Crippen LogP contribution >= 0.6 is 11.6 Å². The van der Waals surface area contributed by atoms with Gasteiger partial charge in [-0.3, -0.25) is 10.1 Å². The minimum Gasteiger partial charge on any atom is -0.375 e. The van der Waals surface area contributed by atoms with E-state index in [-0.39, 0.29) is 12.2 Å². The fourth-order valence-electron chi connectivity index (χ4n) is 1.97. The molecular formula is C15H12ClF3N2O2. The summed E-state index contributed by atoms with van der Waals surface area (Å²) in [5.41, 5.74) is -0.0765. The lowest BCUT2D eigenvalue weighted by Gasteiger charge is -2.12. The van der Waals surface area contributed by atoms with Gasteiger partial charge in [0.05, 0.1) is 15.5 Å². The van der Waals surface area contributed by atoms with Gasteiger partial charge in [-0.1, -0.05) is 41.4 Å². The number of hydrogen-bond donors (Lipinski definition) is 1. The van der Waals surface area contributed by atoms with E-state index in [4.69, 9.17) is 11.6 Å². The van der Waals surface area contributed by atoms with Crippen LogP contribution in [0, 0.1) is 17.0 Å². The number of anilines is 1. The molecule has 0 saturated heterocycles. The highest BCUT2D eigenvalue weighted by molar-refractivity contribution is 6.31. The van der Waals surface area contributed by atoms with Gasteiger partial charge in [0, 0.05) is 12.6 Å². The molecular weight excluding hydrogens is 333 g/mol.